The molecule has 0 amide bonds. The molecule has 1 aromatic carbocycles. The average Bonchev–Trinajstić information content (AvgIpc) is 3.09. The van der Waals surface area contributed by atoms with Crippen LogP contribution in [0.5, 0.6) is 0 Å². The van der Waals surface area contributed by atoms with Crippen molar-refractivity contribution in [3.63, 3.8) is 0 Å². The van der Waals surface area contributed by atoms with Gasteiger partial charge in [-0.25, -0.2) is 0 Å². The number of benzene rings is 1. The lowest BCUT2D eigenvalue weighted by atomic mass is 9.94. The minimum atomic E-state index is 0.345. The molecule has 114 valence electrons. The molecule has 3 fully saturated rings. The van der Waals surface area contributed by atoms with E-state index in [0.29, 0.717) is 11.5 Å². The monoisotopic (exact) mass is 286 g/mol. The summed E-state index contributed by atoms with van der Waals surface area (Å²) in [5.41, 5.74) is 3.41. The number of piperidine rings is 1. The van der Waals surface area contributed by atoms with Gasteiger partial charge in [-0.3, -0.25) is 0 Å². The van der Waals surface area contributed by atoms with E-state index in [1.165, 1.54) is 31.7 Å². The number of fused-ring (bicyclic) bond motifs is 1. The van der Waals surface area contributed by atoms with Crippen molar-refractivity contribution in [1.82, 2.24) is 4.90 Å². The van der Waals surface area contributed by atoms with Gasteiger partial charge in [-0.15, -0.1) is 0 Å². The molecular formula is C18H26N2O. The van der Waals surface area contributed by atoms with E-state index in [2.05, 4.69) is 47.9 Å². The summed E-state index contributed by atoms with van der Waals surface area (Å²) in [5, 5.41) is 0. The van der Waals surface area contributed by atoms with Crippen LogP contribution in [0.4, 0.5) is 5.69 Å². The molecule has 2 heterocycles. The first-order valence-electron chi connectivity index (χ1n) is 8.41. The first-order chi connectivity index (χ1) is 10.2. The Bertz CT molecular complexity index is 514. The second-order valence-corrected chi connectivity index (χ2v) is 7.06. The van der Waals surface area contributed by atoms with Gasteiger partial charge >= 0.3 is 0 Å². The molecule has 0 bridgehead atoms. The normalized spacial score (nSPS) is 35.8. The van der Waals surface area contributed by atoms with Crippen molar-refractivity contribution in [3.8, 4) is 0 Å². The van der Waals surface area contributed by atoms with Crippen LogP contribution in [0.25, 0.3) is 0 Å². The van der Waals surface area contributed by atoms with Crippen molar-refractivity contribution in [1.29, 1.82) is 0 Å². The Balaban J connectivity index is 1.50. The first-order valence-corrected chi connectivity index (χ1v) is 8.41. The largest absolute Gasteiger partial charge is 0.375 e. The summed E-state index contributed by atoms with van der Waals surface area (Å²) >= 11 is 0. The Kier molecular flexibility index (Phi) is 3.23. The second kappa shape index (κ2) is 4.99. The van der Waals surface area contributed by atoms with Crippen LogP contribution >= 0.6 is 0 Å². The van der Waals surface area contributed by atoms with Crippen molar-refractivity contribution < 1.29 is 4.74 Å². The zero-order valence-electron chi connectivity index (χ0n) is 13.2. The maximum absolute atomic E-state index is 5.63. The average molecular weight is 286 g/mol. The minimum Gasteiger partial charge on any atom is -0.375 e. The maximum Gasteiger partial charge on any atom is 0.0722 e. The van der Waals surface area contributed by atoms with Gasteiger partial charge in [-0.1, -0.05) is 19.1 Å². The molecule has 1 saturated carbocycles. The standard InChI is InChI=1S/C18H26N2O/c1-3-19-12-16-10-18(16,13-19)15-4-6-17(7-5-15)20-8-9-21-14(2)11-20/h4-7,14,16H,3,8-13H2,1-2H3/t14-,16+,18-/m0/s1. The van der Waals surface area contributed by atoms with Crippen LogP contribution in [0.1, 0.15) is 25.8 Å². The Labute approximate surface area is 127 Å². The number of rotatable bonds is 3. The number of nitrogens with zero attached hydrogens (tertiary/aromatic N) is 2. The predicted molar refractivity (Wildman–Crippen MR) is 86.0 cm³/mol. The zero-order chi connectivity index (χ0) is 14.4. The summed E-state index contributed by atoms with van der Waals surface area (Å²) in [6.07, 6.45) is 1.75. The van der Waals surface area contributed by atoms with Crippen LogP contribution in [-0.2, 0) is 10.2 Å². The second-order valence-electron chi connectivity index (χ2n) is 7.06. The Morgan fingerprint density at radius 3 is 2.71 bits per heavy atom. The Morgan fingerprint density at radius 2 is 2.05 bits per heavy atom. The highest BCUT2D eigenvalue weighted by molar-refractivity contribution is 5.51. The van der Waals surface area contributed by atoms with E-state index < -0.39 is 0 Å². The summed E-state index contributed by atoms with van der Waals surface area (Å²) in [6, 6.07) is 9.42. The fraction of sp³-hybridized carbons (Fsp3) is 0.667. The van der Waals surface area contributed by atoms with Gasteiger partial charge in [-0.05, 0) is 43.5 Å². The van der Waals surface area contributed by atoms with E-state index >= 15 is 0 Å². The fourth-order valence-corrected chi connectivity index (χ4v) is 4.33. The van der Waals surface area contributed by atoms with Crippen molar-refractivity contribution >= 4 is 5.69 Å². The third-order valence-corrected chi connectivity index (χ3v) is 5.71. The molecule has 1 aliphatic carbocycles. The summed E-state index contributed by atoms with van der Waals surface area (Å²) in [5.74, 6) is 0.909. The molecule has 0 unspecified atom stereocenters. The van der Waals surface area contributed by atoms with Crippen molar-refractivity contribution in [3.05, 3.63) is 29.8 Å². The van der Waals surface area contributed by atoms with Crippen LogP contribution in [0.15, 0.2) is 24.3 Å². The molecule has 3 aliphatic rings. The number of anilines is 1. The Hall–Kier alpha value is -1.06. The number of ether oxygens (including phenoxy) is 1. The molecule has 3 atom stereocenters. The van der Waals surface area contributed by atoms with Gasteiger partial charge in [0.05, 0.1) is 12.7 Å². The molecule has 2 saturated heterocycles. The van der Waals surface area contributed by atoms with Gasteiger partial charge in [0.1, 0.15) is 0 Å². The SMILES string of the molecule is CCN1C[C@H]2C[C@@]2(c2ccc(N3CCO[C@@H](C)C3)cc2)C1. The van der Waals surface area contributed by atoms with E-state index in [-0.39, 0.29) is 0 Å². The molecule has 4 rings (SSSR count). The summed E-state index contributed by atoms with van der Waals surface area (Å²) in [4.78, 5) is 5.05. The van der Waals surface area contributed by atoms with Crippen LogP contribution in [0, 0.1) is 5.92 Å². The summed E-state index contributed by atoms with van der Waals surface area (Å²) in [7, 11) is 0. The molecule has 21 heavy (non-hydrogen) atoms. The van der Waals surface area contributed by atoms with Crippen LogP contribution in [0.2, 0.25) is 0 Å². The first kappa shape index (κ1) is 13.6. The third-order valence-electron chi connectivity index (χ3n) is 5.71. The van der Waals surface area contributed by atoms with Gasteiger partial charge in [0, 0.05) is 37.3 Å². The number of hydrogen-bond donors (Lipinski definition) is 0. The van der Waals surface area contributed by atoms with Crippen molar-refractivity contribution in [2.75, 3.05) is 44.2 Å². The summed E-state index contributed by atoms with van der Waals surface area (Å²) < 4.78 is 5.63. The van der Waals surface area contributed by atoms with E-state index in [1.807, 2.05) is 0 Å². The fourth-order valence-electron chi connectivity index (χ4n) is 4.33. The molecule has 3 nitrogen and oxygen atoms in total. The quantitative estimate of drug-likeness (QED) is 0.849. The van der Waals surface area contributed by atoms with Gasteiger partial charge in [0.25, 0.3) is 0 Å². The number of morpholine rings is 1. The maximum atomic E-state index is 5.63. The van der Waals surface area contributed by atoms with Crippen LogP contribution in [-0.4, -0.2) is 50.3 Å². The van der Waals surface area contributed by atoms with E-state index in [0.717, 1.165) is 25.6 Å². The minimum absolute atomic E-state index is 0.345. The molecule has 0 spiro atoms. The lowest BCUT2D eigenvalue weighted by Gasteiger charge is -2.33. The molecule has 0 aromatic heterocycles. The lowest BCUT2D eigenvalue weighted by molar-refractivity contribution is 0.0532. The molecule has 1 aromatic rings. The van der Waals surface area contributed by atoms with Gasteiger partial charge in [-0.2, -0.15) is 0 Å². The van der Waals surface area contributed by atoms with Gasteiger partial charge in [0.15, 0.2) is 0 Å². The molecule has 0 N–H and O–H groups in total. The number of likely N-dealkylation sites (tertiary alicyclic amines) is 1. The molecular weight excluding hydrogens is 260 g/mol. The number of likely N-dealkylation sites (N-methyl/N-ethyl adjacent to an activating group) is 1. The van der Waals surface area contributed by atoms with E-state index in [9.17, 15) is 0 Å². The van der Waals surface area contributed by atoms with Gasteiger partial charge < -0.3 is 14.5 Å². The van der Waals surface area contributed by atoms with E-state index in [1.54, 1.807) is 5.56 Å². The molecule has 3 heteroatoms. The smallest absolute Gasteiger partial charge is 0.0722 e. The highest BCUT2D eigenvalue weighted by atomic mass is 16.5. The number of hydrogen-bond acceptors (Lipinski definition) is 3. The zero-order valence-corrected chi connectivity index (χ0v) is 13.2. The third kappa shape index (κ3) is 2.27. The topological polar surface area (TPSA) is 15.7 Å². The summed E-state index contributed by atoms with van der Waals surface area (Å²) in [6.45, 7) is 11.1. The highest BCUT2D eigenvalue weighted by Crippen LogP contribution is 2.58. The van der Waals surface area contributed by atoms with E-state index in [4.69, 9.17) is 4.74 Å². The van der Waals surface area contributed by atoms with Crippen molar-refractivity contribution in [2.24, 2.45) is 5.92 Å². The molecule has 0 radical (unpaired) electrons. The van der Waals surface area contributed by atoms with Gasteiger partial charge in [0.2, 0.25) is 0 Å². The van der Waals surface area contributed by atoms with Crippen LogP contribution in [0.3, 0.4) is 0 Å². The lowest BCUT2D eigenvalue weighted by Crippen LogP contribution is -2.41. The van der Waals surface area contributed by atoms with Crippen molar-refractivity contribution in [2.45, 2.75) is 31.8 Å². The highest BCUT2D eigenvalue weighted by Gasteiger charge is 2.60. The van der Waals surface area contributed by atoms with Crippen LogP contribution < -0.4 is 4.90 Å². The molecule has 2 aliphatic heterocycles. The predicted octanol–water partition coefficient (Wildman–Crippen LogP) is 2.50. The Morgan fingerprint density at radius 1 is 1.24 bits per heavy atom.